The van der Waals surface area contributed by atoms with E-state index in [0.29, 0.717) is 0 Å². The molecule has 0 aromatic heterocycles. The molecule has 0 amide bonds. The lowest BCUT2D eigenvalue weighted by atomic mass is 10.0. The van der Waals surface area contributed by atoms with Gasteiger partial charge in [0.05, 0.1) is 0 Å². The van der Waals surface area contributed by atoms with Crippen LogP contribution >= 0.6 is 0 Å². The number of rotatable bonds is 9. The molecule has 0 unspecified atom stereocenters. The molecule has 0 saturated carbocycles. The molecule has 0 atom stereocenters. The van der Waals surface area contributed by atoms with Crippen LogP contribution in [0.2, 0.25) is 0 Å². The van der Waals surface area contributed by atoms with Crippen LogP contribution < -0.4 is 0 Å². The summed E-state index contributed by atoms with van der Waals surface area (Å²) >= 11 is 0. The third kappa shape index (κ3) is 8.34. The van der Waals surface area contributed by atoms with Gasteiger partial charge in [0, 0.05) is 0 Å². The van der Waals surface area contributed by atoms with Crippen molar-refractivity contribution in [2.45, 2.75) is 78.6 Å². The second-order valence-electron chi connectivity index (χ2n) is 4.21. The molecule has 0 aliphatic heterocycles. The van der Waals surface area contributed by atoms with E-state index >= 15 is 0 Å². The minimum Gasteiger partial charge on any atom is -0.0853 e. The molecule has 0 aromatic carbocycles. The highest BCUT2D eigenvalue weighted by atomic mass is 14.0. The zero-order chi connectivity index (χ0) is 10.6. The summed E-state index contributed by atoms with van der Waals surface area (Å²) in [6, 6.07) is 0. The first kappa shape index (κ1) is 13.7. The van der Waals surface area contributed by atoms with Gasteiger partial charge in [-0.2, -0.15) is 0 Å². The van der Waals surface area contributed by atoms with Crippen molar-refractivity contribution in [1.29, 1.82) is 0 Å². The Hall–Kier alpha value is -0.260. The first-order valence-corrected chi connectivity index (χ1v) is 6.53. The summed E-state index contributed by atoms with van der Waals surface area (Å²) < 4.78 is 0. The van der Waals surface area contributed by atoms with E-state index in [0.717, 1.165) is 0 Å². The van der Waals surface area contributed by atoms with E-state index in [1.54, 1.807) is 5.57 Å². The number of hydrogen-bond acceptors (Lipinski definition) is 0. The summed E-state index contributed by atoms with van der Waals surface area (Å²) in [7, 11) is 0. The highest BCUT2D eigenvalue weighted by molar-refractivity contribution is 5.01. The topological polar surface area (TPSA) is 0 Å². The van der Waals surface area contributed by atoms with Gasteiger partial charge in [0.1, 0.15) is 0 Å². The van der Waals surface area contributed by atoms with E-state index in [2.05, 4.69) is 26.8 Å². The van der Waals surface area contributed by atoms with Crippen molar-refractivity contribution in [3.63, 3.8) is 0 Å². The normalized spacial score (nSPS) is 12.1. The molecule has 0 bridgehead atoms. The smallest absolute Gasteiger partial charge is 0.0320 e. The fraction of sp³-hybridized carbons (Fsp3) is 0.857. The van der Waals surface area contributed by atoms with Crippen LogP contribution in [0.4, 0.5) is 0 Å². The molecule has 0 rings (SSSR count). The molecule has 0 aliphatic rings. The largest absolute Gasteiger partial charge is 0.0853 e. The van der Waals surface area contributed by atoms with Gasteiger partial charge in [0.2, 0.25) is 0 Å². The van der Waals surface area contributed by atoms with Crippen LogP contribution in [0.15, 0.2) is 11.6 Å². The Kier molecular flexibility index (Phi) is 10.6. The van der Waals surface area contributed by atoms with Crippen LogP contribution in [0.3, 0.4) is 0 Å². The van der Waals surface area contributed by atoms with Crippen LogP contribution in [0.5, 0.6) is 0 Å². The molecule has 0 heterocycles. The Morgan fingerprint density at radius 1 is 0.786 bits per heavy atom. The monoisotopic (exact) mass is 196 g/mol. The Labute approximate surface area is 90.8 Å². The first-order valence-electron chi connectivity index (χ1n) is 6.53. The lowest BCUT2D eigenvalue weighted by Crippen LogP contribution is -1.86. The first-order chi connectivity index (χ1) is 6.85. The zero-order valence-electron chi connectivity index (χ0n) is 10.4. The predicted octanol–water partition coefficient (Wildman–Crippen LogP) is 5.48. The maximum Gasteiger partial charge on any atom is -0.0320 e. The fourth-order valence-electron chi connectivity index (χ4n) is 1.68. The Balaban J connectivity index is 3.72. The molecule has 0 saturated heterocycles. The average molecular weight is 196 g/mol. The molecule has 84 valence electrons. The van der Waals surface area contributed by atoms with E-state index in [4.69, 9.17) is 0 Å². The highest BCUT2D eigenvalue weighted by Gasteiger charge is 1.96. The van der Waals surface area contributed by atoms with E-state index in [-0.39, 0.29) is 0 Å². The quantitative estimate of drug-likeness (QED) is 0.338. The number of hydrogen-bond donors (Lipinski definition) is 0. The van der Waals surface area contributed by atoms with Crippen LogP contribution in [-0.4, -0.2) is 0 Å². The zero-order valence-corrected chi connectivity index (χ0v) is 10.4. The molecule has 0 aliphatic carbocycles. The van der Waals surface area contributed by atoms with E-state index in [1.807, 2.05) is 0 Å². The van der Waals surface area contributed by atoms with Crippen LogP contribution in [-0.2, 0) is 0 Å². The lowest BCUT2D eigenvalue weighted by molar-refractivity contribution is 0.673. The molecule has 0 N–H and O–H groups in total. The Bertz CT molecular complexity index is 133. The third-order valence-corrected chi connectivity index (χ3v) is 2.67. The van der Waals surface area contributed by atoms with Gasteiger partial charge >= 0.3 is 0 Å². The summed E-state index contributed by atoms with van der Waals surface area (Å²) in [5.74, 6) is 0. The molecule has 0 fully saturated rings. The van der Waals surface area contributed by atoms with Crippen molar-refractivity contribution in [3.05, 3.63) is 11.6 Å². The predicted molar refractivity (Wildman–Crippen MR) is 66.7 cm³/mol. The maximum absolute atomic E-state index is 2.49. The summed E-state index contributed by atoms with van der Waals surface area (Å²) in [6.07, 6.45) is 14.6. The van der Waals surface area contributed by atoms with Crippen LogP contribution in [0, 0.1) is 0 Å². The molecule has 0 heteroatoms. The van der Waals surface area contributed by atoms with Crippen molar-refractivity contribution < 1.29 is 0 Å². The van der Waals surface area contributed by atoms with Crippen LogP contribution in [0.25, 0.3) is 0 Å². The summed E-state index contributed by atoms with van der Waals surface area (Å²) in [5, 5.41) is 0. The van der Waals surface area contributed by atoms with E-state index in [9.17, 15) is 0 Å². The SMILES string of the molecule is CCC/C=C(/CCCC)CCCCC. The van der Waals surface area contributed by atoms with Crippen molar-refractivity contribution in [1.82, 2.24) is 0 Å². The van der Waals surface area contributed by atoms with Gasteiger partial charge in [-0.25, -0.2) is 0 Å². The molecular formula is C14H28. The van der Waals surface area contributed by atoms with Crippen molar-refractivity contribution in [2.24, 2.45) is 0 Å². The molecule has 0 spiro atoms. The third-order valence-electron chi connectivity index (χ3n) is 2.67. The Morgan fingerprint density at radius 3 is 2.00 bits per heavy atom. The van der Waals surface area contributed by atoms with Gasteiger partial charge in [-0.05, 0) is 32.1 Å². The van der Waals surface area contributed by atoms with Gasteiger partial charge in [-0.15, -0.1) is 0 Å². The van der Waals surface area contributed by atoms with Gasteiger partial charge in [0.15, 0.2) is 0 Å². The molecule has 0 radical (unpaired) electrons. The van der Waals surface area contributed by atoms with E-state index in [1.165, 1.54) is 57.8 Å². The van der Waals surface area contributed by atoms with Gasteiger partial charge < -0.3 is 0 Å². The summed E-state index contributed by atoms with van der Waals surface area (Å²) in [6.45, 7) is 6.82. The molecule has 0 aromatic rings. The average Bonchev–Trinajstić information content (AvgIpc) is 2.21. The summed E-state index contributed by atoms with van der Waals surface area (Å²) in [4.78, 5) is 0. The highest BCUT2D eigenvalue weighted by Crippen LogP contribution is 2.16. The fourth-order valence-corrected chi connectivity index (χ4v) is 1.68. The van der Waals surface area contributed by atoms with Crippen molar-refractivity contribution in [3.8, 4) is 0 Å². The molecule has 0 nitrogen and oxygen atoms in total. The van der Waals surface area contributed by atoms with Crippen LogP contribution in [0.1, 0.15) is 78.6 Å². The second-order valence-corrected chi connectivity index (χ2v) is 4.21. The molecular weight excluding hydrogens is 168 g/mol. The van der Waals surface area contributed by atoms with E-state index < -0.39 is 0 Å². The summed E-state index contributed by atoms with van der Waals surface area (Å²) in [5.41, 5.74) is 1.72. The standard InChI is InChI=1S/C14H28/c1-4-7-10-13-14(11-8-5-2)12-9-6-3/h11H,4-10,12-13H2,1-3H3/b14-11-. The van der Waals surface area contributed by atoms with Crippen molar-refractivity contribution in [2.75, 3.05) is 0 Å². The van der Waals surface area contributed by atoms with Gasteiger partial charge in [0.25, 0.3) is 0 Å². The number of allylic oxidation sites excluding steroid dienone is 2. The number of unbranched alkanes of at least 4 members (excludes halogenated alkanes) is 4. The second kappa shape index (κ2) is 10.8. The lowest BCUT2D eigenvalue weighted by Gasteiger charge is -2.06. The minimum absolute atomic E-state index is 1.28. The van der Waals surface area contributed by atoms with Gasteiger partial charge in [-0.1, -0.05) is 58.1 Å². The maximum atomic E-state index is 2.49. The van der Waals surface area contributed by atoms with Gasteiger partial charge in [-0.3, -0.25) is 0 Å². The minimum atomic E-state index is 1.28. The molecule has 14 heavy (non-hydrogen) atoms. The Morgan fingerprint density at radius 2 is 1.43 bits per heavy atom. The van der Waals surface area contributed by atoms with Crippen molar-refractivity contribution >= 4 is 0 Å².